The third-order valence-electron chi connectivity index (χ3n) is 5.71. The second-order valence-corrected chi connectivity index (χ2v) is 8.64. The SMILES string of the molecule is COc1cc2c(cc1OC)CN(C(=O)CSc1nc(-c3ccco3)nc3ccccc13)CC2. The fourth-order valence-electron chi connectivity index (χ4n) is 3.99. The summed E-state index contributed by atoms with van der Waals surface area (Å²) < 4.78 is 16.3. The maximum atomic E-state index is 13.1. The van der Waals surface area contributed by atoms with Gasteiger partial charge in [0.25, 0.3) is 0 Å². The molecule has 0 fully saturated rings. The molecule has 0 spiro atoms. The summed E-state index contributed by atoms with van der Waals surface area (Å²) in [4.78, 5) is 24.3. The Labute approximate surface area is 195 Å². The van der Waals surface area contributed by atoms with E-state index in [0.29, 0.717) is 36.2 Å². The molecule has 3 heterocycles. The Bertz CT molecular complexity index is 1310. The van der Waals surface area contributed by atoms with Gasteiger partial charge in [-0.05, 0) is 47.9 Å². The number of hydrogen-bond acceptors (Lipinski definition) is 7. The normalized spacial score (nSPS) is 13.1. The zero-order chi connectivity index (χ0) is 22.8. The summed E-state index contributed by atoms with van der Waals surface area (Å²) in [6.07, 6.45) is 2.38. The number of ether oxygens (including phenoxy) is 2. The van der Waals surface area contributed by atoms with Gasteiger partial charge in [-0.1, -0.05) is 30.0 Å². The maximum absolute atomic E-state index is 13.1. The summed E-state index contributed by atoms with van der Waals surface area (Å²) in [5.74, 6) is 2.88. The minimum Gasteiger partial charge on any atom is -0.493 e. The number of aromatic nitrogens is 2. The standard InChI is InChI=1S/C25H23N3O4S/c1-30-21-12-16-9-10-28(14-17(16)13-22(21)31-2)23(29)15-33-25-18-6-3-4-7-19(18)26-24(27-25)20-8-5-11-32-20/h3-8,11-13H,9-10,14-15H2,1-2H3. The van der Waals surface area contributed by atoms with Crippen LogP contribution in [0.3, 0.4) is 0 Å². The Balaban J connectivity index is 1.35. The molecule has 33 heavy (non-hydrogen) atoms. The Morgan fingerprint density at radius 2 is 1.85 bits per heavy atom. The van der Waals surface area contributed by atoms with Crippen molar-refractivity contribution in [1.29, 1.82) is 0 Å². The van der Waals surface area contributed by atoms with Gasteiger partial charge in [0.2, 0.25) is 5.91 Å². The number of hydrogen-bond donors (Lipinski definition) is 0. The number of furan rings is 1. The molecular weight excluding hydrogens is 438 g/mol. The van der Waals surface area contributed by atoms with Crippen LogP contribution in [0.25, 0.3) is 22.5 Å². The third-order valence-corrected chi connectivity index (χ3v) is 6.69. The fraction of sp³-hybridized carbons (Fsp3) is 0.240. The molecule has 168 valence electrons. The second kappa shape index (κ2) is 9.15. The van der Waals surface area contributed by atoms with Gasteiger partial charge in [-0.15, -0.1) is 0 Å². The minimum atomic E-state index is 0.0719. The molecule has 8 heteroatoms. The lowest BCUT2D eigenvalue weighted by Crippen LogP contribution is -2.37. The number of nitrogens with zero attached hydrogens (tertiary/aromatic N) is 3. The van der Waals surface area contributed by atoms with Crippen molar-refractivity contribution in [2.45, 2.75) is 18.0 Å². The van der Waals surface area contributed by atoms with Gasteiger partial charge < -0.3 is 18.8 Å². The second-order valence-electron chi connectivity index (χ2n) is 7.68. The van der Waals surface area contributed by atoms with Gasteiger partial charge in [-0.2, -0.15) is 0 Å². The highest BCUT2D eigenvalue weighted by Gasteiger charge is 2.23. The summed E-state index contributed by atoms with van der Waals surface area (Å²) in [6, 6.07) is 15.4. The number of carbonyl (C=O) groups excluding carboxylic acids is 1. The van der Waals surface area contributed by atoms with Gasteiger partial charge in [0.15, 0.2) is 23.1 Å². The Kier molecular flexibility index (Phi) is 5.92. The molecule has 0 unspecified atom stereocenters. The Morgan fingerprint density at radius 3 is 2.61 bits per heavy atom. The summed E-state index contributed by atoms with van der Waals surface area (Å²) in [6.45, 7) is 1.22. The monoisotopic (exact) mass is 461 g/mol. The predicted molar refractivity (Wildman–Crippen MR) is 127 cm³/mol. The molecule has 4 aromatic rings. The molecule has 5 rings (SSSR count). The molecule has 0 bridgehead atoms. The van der Waals surface area contributed by atoms with Crippen molar-refractivity contribution in [1.82, 2.24) is 14.9 Å². The summed E-state index contributed by atoms with van der Waals surface area (Å²) in [7, 11) is 3.25. The molecule has 2 aromatic heterocycles. The number of fused-ring (bicyclic) bond motifs is 2. The first-order valence-corrected chi connectivity index (χ1v) is 11.6. The zero-order valence-electron chi connectivity index (χ0n) is 18.4. The van der Waals surface area contributed by atoms with E-state index in [1.165, 1.54) is 17.3 Å². The summed E-state index contributed by atoms with van der Waals surface area (Å²) in [5, 5.41) is 1.69. The number of benzene rings is 2. The van der Waals surface area contributed by atoms with Crippen LogP contribution in [-0.4, -0.2) is 47.3 Å². The quantitative estimate of drug-likeness (QED) is 0.307. The van der Waals surface area contributed by atoms with E-state index in [-0.39, 0.29) is 5.91 Å². The first kappa shape index (κ1) is 21.3. The molecule has 0 radical (unpaired) electrons. The van der Waals surface area contributed by atoms with Crippen molar-refractivity contribution in [3.63, 3.8) is 0 Å². The molecule has 1 amide bonds. The van der Waals surface area contributed by atoms with Crippen LogP contribution in [-0.2, 0) is 17.8 Å². The van der Waals surface area contributed by atoms with E-state index in [1.807, 2.05) is 53.4 Å². The van der Waals surface area contributed by atoms with Crippen LogP contribution >= 0.6 is 11.8 Å². The molecule has 1 aliphatic rings. The van der Waals surface area contributed by atoms with E-state index in [4.69, 9.17) is 18.9 Å². The molecule has 7 nitrogen and oxygen atoms in total. The van der Waals surface area contributed by atoms with Gasteiger partial charge in [0.1, 0.15) is 5.03 Å². The van der Waals surface area contributed by atoms with Crippen LogP contribution in [0.15, 0.2) is 64.2 Å². The summed E-state index contributed by atoms with van der Waals surface area (Å²) >= 11 is 1.43. The largest absolute Gasteiger partial charge is 0.493 e. The van der Waals surface area contributed by atoms with Crippen molar-refractivity contribution in [2.24, 2.45) is 0 Å². The molecule has 0 N–H and O–H groups in total. The van der Waals surface area contributed by atoms with E-state index in [9.17, 15) is 4.79 Å². The smallest absolute Gasteiger partial charge is 0.233 e. The van der Waals surface area contributed by atoms with Crippen LogP contribution < -0.4 is 9.47 Å². The van der Waals surface area contributed by atoms with Crippen molar-refractivity contribution in [2.75, 3.05) is 26.5 Å². The lowest BCUT2D eigenvalue weighted by molar-refractivity contribution is -0.129. The van der Waals surface area contributed by atoms with Crippen LogP contribution in [0.5, 0.6) is 11.5 Å². The highest BCUT2D eigenvalue weighted by atomic mass is 32.2. The topological polar surface area (TPSA) is 77.7 Å². The van der Waals surface area contributed by atoms with E-state index in [2.05, 4.69) is 4.98 Å². The first-order valence-electron chi connectivity index (χ1n) is 10.6. The molecule has 0 aliphatic carbocycles. The highest BCUT2D eigenvalue weighted by Crippen LogP contribution is 2.34. The third kappa shape index (κ3) is 4.26. The number of thioether (sulfide) groups is 1. The van der Waals surface area contributed by atoms with Crippen LogP contribution in [0.4, 0.5) is 0 Å². The van der Waals surface area contributed by atoms with Crippen molar-refractivity contribution in [3.05, 3.63) is 65.9 Å². The van der Waals surface area contributed by atoms with E-state index < -0.39 is 0 Å². The van der Waals surface area contributed by atoms with Crippen LogP contribution in [0, 0.1) is 0 Å². The molecule has 0 atom stereocenters. The Morgan fingerprint density at radius 1 is 1.06 bits per heavy atom. The van der Waals surface area contributed by atoms with Gasteiger partial charge in [0.05, 0.1) is 31.8 Å². The van der Waals surface area contributed by atoms with Gasteiger partial charge in [-0.25, -0.2) is 9.97 Å². The summed E-state index contributed by atoms with van der Waals surface area (Å²) in [5.41, 5.74) is 3.10. The van der Waals surface area contributed by atoms with Gasteiger partial charge in [-0.3, -0.25) is 4.79 Å². The number of methoxy groups -OCH3 is 2. The fourth-order valence-corrected chi connectivity index (χ4v) is 4.91. The number of amides is 1. The van der Waals surface area contributed by atoms with E-state index >= 15 is 0 Å². The Hall–Kier alpha value is -3.52. The molecule has 2 aromatic carbocycles. The van der Waals surface area contributed by atoms with Crippen LogP contribution in [0.1, 0.15) is 11.1 Å². The van der Waals surface area contributed by atoms with Crippen molar-refractivity contribution >= 4 is 28.6 Å². The number of para-hydroxylation sites is 1. The average Bonchev–Trinajstić information content (AvgIpc) is 3.40. The minimum absolute atomic E-state index is 0.0719. The predicted octanol–water partition coefficient (Wildman–Crippen LogP) is 4.58. The average molecular weight is 462 g/mol. The van der Waals surface area contributed by atoms with Gasteiger partial charge in [0, 0.05) is 18.5 Å². The zero-order valence-corrected chi connectivity index (χ0v) is 19.2. The van der Waals surface area contributed by atoms with Crippen molar-refractivity contribution < 1.29 is 18.7 Å². The maximum Gasteiger partial charge on any atom is 0.233 e. The molecule has 0 saturated carbocycles. The molecule has 0 saturated heterocycles. The first-order chi connectivity index (χ1) is 16.2. The van der Waals surface area contributed by atoms with E-state index in [1.54, 1.807) is 20.5 Å². The lowest BCUT2D eigenvalue weighted by atomic mass is 9.99. The molecule has 1 aliphatic heterocycles. The van der Waals surface area contributed by atoms with Crippen LogP contribution in [0.2, 0.25) is 0 Å². The lowest BCUT2D eigenvalue weighted by Gasteiger charge is -2.29. The van der Waals surface area contributed by atoms with E-state index in [0.717, 1.165) is 33.7 Å². The number of carbonyl (C=O) groups is 1. The number of rotatable bonds is 6. The molecular formula is C25H23N3O4S. The highest BCUT2D eigenvalue weighted by molar-refractivity contribution is 8.00. The van der Waals surface area contributed by atoms with Gasteiger partial charge >= 0.3 is 0 Å². The van der Waals surface area contributed by atoms with Crippen molar-refractivity contribution in [3.8, 4) is 23.1 Å².